The summed E-state index contributed by atoms with van der Waals surface area (Å²) in [5, 5.41) is 15.2. The van der Waals surface area contributed by atoms with Gasteiger partial charge >= 0.3 is 6.09 Å². The lowest BCUT2D eigenvalue weighted by Gasteiger charge is -2.32. The number of nitrogens with one attached hydrogen (secondary N) is 2. The Kier molecular flexibility index (Phi) is 8.58. The quantitative estimate of drug-likeness (QED) is 0.287. The van der Waals surface area contributed by atoms with Crippen molar-refractivity contribution in [2.24, 2.45) is 11.7 Å². The second-order valence-electron chi connectivity index (χ2n) is 10.5. The fraction of sp³-hybridized carbons (Fsp3) is 0.464. The van der Waals surface area contributed by atoms with Crippen LogP contribution in [0.4, 0.5) is 4.79 Å². The topological polar surface area (TPSA) is 130 Å². The number of carbonyl (C=O) groups excluding carboxylic acids is 2. The number of amides is 2. The molecule has 4 rings (SSSR count). The van der Waals surface area contributed by atoms with E-state index in [-0.39, 0.29) is 6.54 Å². The van der Waals surface area contributed by atoms with Gasteiger partial charge in [-0.15, -0.1) is 0 Å². The molecule has 1 aromatic carbocycles. The Morgan fingerprint density at radius 1 is 1.27 bits per heavy atom. The molecule has 2 aliphatic rings. The normalized spacial score (nSPS) is 22.2. The maximum Gasteiger partial charge on any atom is 0.408 e. The summed E-state index contributed by atoms with van der Waals surface area (Å²) in [6.07, 6.45) is 8.42. The van der Waals surface area contributed by atoms with Crippen molar-refractivity contribution in [1.29, 1.82) is 0 Å². The maximum atomic E-state index is 13.1. The van der Waals surface area contributed by atoms with Gasteiger partial charge in [-0.05, 0) is 63.1 Å². The third-order valence-corrected chi connectivity index (χ3v) is 7.02. The van der Waals surface area contributed by atoms with Crippen LogP contribution < -0.4 is 16.5 Å². The van der Waals surface area contributed by atoms with Gasteiger partial charge in [0.15, 0.2) is 6.04 Å². The summed E-state index contributed by atoms with van der Waals surface area (Å²) < 4.78 is 5.23. The molecule has 4 atom stereocenters. The van der Waals surface area contributed by atoms with E-state index in [4.69, 9.17) is 10.5 Å². The van der Waals surface area contributed by atoms with Gasteiger partial charge in [0.2, 0.25) is 0 Å². The summed E-state index contributed by atoms with van der Waals surface area (Å²) in [7, 11) is 0. The molecule has 1 fully saturated rings. The van der Waals surface area contributed by atoms with Gasteiger partial charge in [-0.25, -0.2) is 9.80 Å². The zero-order valence-electron chi connectivity index (χ0n) is 21.5. The van der Waals surface area contributed by atoms with Crippen LogP contribution in [-0.4, -0.2) is 57.4 Å². The van der Waals surface area contributed by atoms with E-state index >= 15 is 0 Å². The van der Waals surface area contributed by atoms with Crippen molar-refractivity contribution in [1.82, 2.24) is 20.7 Å². The van der Waals surface area contributed by atoms with Gasteiger partial charge in [-0.3, -0.25) is 15.2 Å². The van der Waals surface area contributed by atoms with E-state index in [1.807, 2.05) is 42.5 Å². The van der Waals surface area contributed by atoms with Gasteiger partial charge in [-0.2, -0.15) is 0 Å². The highest BCUT2D eigenvalue weighted by Crippen LogP contribution is 2.24. The summed E-state index contributed by atoms with van der Waals surface area (Å²) in [5.74, 6) is 0.0302. The number of hydrazine groups is 1. The molecule has 0 bridgehead atoms. The number of hydrogen-bond acceptors (Lipinski definition) is 7. The summed E-state index contributed by atoms with van der Waals surface area (Å²) >= 11 is 0. The number of aliphatic hydroxyl groups excluding tert-OH is 1. The molecule has 2 aromatic rings. The van der Waals surface area contributed by atoms with Gasteiger partial charge in [0.25, 0.3) is 5.91 Å². The third kappa shape index (κ3) is 7.15. The lowest BCUT2D eigenvalue weighted by molar-refractivity contribution is -0.131. The fourth-order valence-electron chi connectivity index (χ4n) is 4.88. The first kappa shape index (κ1) is 26.8. The number of nitrogens with zero attached hydrogens (tertiary/aromatic N) is 2. The van der Waals surface area contributed by atoms with Crippen LogP contribution in [0.3, 0.4) is 0 Å². The zero-order chi connectivity index (χ0) is 26.4. The van der Waals surface area contributed by atoms with Crippen molar-refractivity contribution in [2.45, 2.75) is 69.9 Å². The monoisotopic (exact) mass is 507 g/mol. The number of carbonyl (C=O) groups is 2. The molecule has 5 N–H and O–H groups in total. The van der Waals surface area contributed by atoms with E-state index < -0.39 is 35.8 Å². The third-order valence-electron chi connectivity index (χ3n) is 7.02. The Balaban J connectivity index is 1.45. The minimum absolute atomic E-state index is 0.138. The number of hydrogen-bond donors (Lipinski definition) is 4. The molecular weight excluding hydrogens is 470 g/mol. The Morgan fingerprint density at radius 3 is 2.68 bits per heavy atom. The van der Waals surface area contributed by atoms with Gasteiger partial charge in [0, 0.05) is 30.9 Å². The Bertz CT molecular complexity index is 1090. The van der Waals surface area contributed by atoms with Crippen LogP contribution in [0.15, 0.2) is 60.8 Å². The minimum Gasteiger partial charge on any atom is -0.441 e. The van der Waals surface area contributed by atoms with E-state index in [2.05, 4.69) is 27.9 Å². The highest BCUT2D eigenvalue weighted by Gasteiger charge is 2.46. The molecule has 2 amide bonds. The van der Waals surface area contributed by atoms with Crippen molar-refractivity contribution >= 4 is 12.0 Å². The van der Waals surface area contributed by atoms with E-state index in [0.29, 0.717) is 18.9 Å². The van der Waals surface area contributed by atoms with Crippen molar-refractivity contribution in [3.05, 3.63) is 66.4 Å². The van der Waals surface area contributed by atoms with Crippen molar-refractivity contribution in [2.75, 3.05) is 6.54 Å². The predicted octanol–water partition coefficient (Wildman–Crippen LogP) is 2.90. The second-order valence-corrected chi connectivity index (χ2v) is 10.5. The van der Waals surface area contributed by atoms with Crippen LogP contribution in [0.25, 0.3) is 11.3 Å². The second kappa shape index (κ2) is 11.9. The average molecular weight is 508 g/mol. The Labute approximate surface area is 218 Å². The summed E-state index contributed by atoms with van der Waals surface area (Å²) in [4.78, 5) is 29.3. The number of aromatic nitrogens is 1. The first-order valence-electron chi connectivity index (χ1n) is 12.8. The van der Waals surface area contributed by atoms with E-state index in [0.717, 1.165) is 36.1 Å². The maximum absolute atomic E-state index is 13.1. The van der Waals surface area contributed by atoms with Gasteiger partial charge < -0.3 is 20.9 Å². The number of ether oxygens (including phenoxy) is 1. The van der Waals surface area contributed by atoms with Crippen LogP contribution in [0.5, 0.6) is 0 Å². The number of rotatable bonds is 10. The number of pyridine rings is 1. The molecular formula is C28H37N5O4. The Hall–Kier alpha value is -3.27. The molecule has 2 heterocycles. The Morgan fingerprint density at radius 2 is 2.05 bits per heavy atom. The van der Waals surface area contributed by atoms with E-state index in [1.54, 1.807) is 25.1 Å². The molecule has 9 nitrogen and oxygen atoms in total. The molecule has 37 heavy (non-hydrogen) atoms. The number of alkyl carbamates (subject to hydrolysis) is 1. The fourth-order valence-corrected chi connectivity index (χ4v) is 4.88. The zero-order valence-corrected chi connectivity index (χ0v) is 21.5. The van der Waals surface area contributed by atoms with Gasteiger partial charge in [-0.1, -0.05) is 42.5 Å². The number of allylic oxidation sites excluding steroid dienone is 2. The van der Waals surface area contributed by atoms with Crippen molar-refractivity contribution < 1.29 is 19.4 Å². The summed E-state index contributed by atoms with van der Waals surface area (Å²) in [5.41, 5.74) is 11.1. The van der Waals surface area contributed by atoms with Gasteiger partial charge in [0.05, 0.1) is 11.8 Å². The molecule has 9 heteroatoms. The molecule has 1 saturated heterocycles. The standard InChI is InChI=1S/C28H37N5O4/c1-28(2)25(31-27(36)37-28)26(35)32-33(18-24(34)22(29)16-19-8-4-3-5-9-19)17-20-11-13-21(14-12-20)23-10-6-7-15-30-23/h3-4,6-7,10-15,19,22,24-25,34H,5,8-9,16-18,29H2,1-2H3,(H,31,36)(H,32,35). The van der Waals surface area contributed by atoms with Gasteiger partial charge in [0.1, 0.15) is 5.60 Å². The first-order chi connectivity index (χ1) is 17.7. The summed E-state index contributed by atoms with van der Waals surface area (Å²) in [6.45, 7) is 3.84. The smallest absolute Gasteiger partial charge is 0.408 e. The molecule has 4 unspecified atom stereocenters. The van der Waals surface area contributed by atoms with Crippen LogP contribution in [0, 0.1) is 5.92 Å². The molecule has 1 aromatic heterocycles. The number of benzene rings is 1. The first-order valence-corrected chi connectivity index (χ1v) is 12.8. The van der Waals surface area contributed by atoms with Crippen LogP contribution in [0.1, 0.15) is 45.1 Å². The van der Waals surface area contributed by atoms with Crippen molar-refractivity contribution in [3.8, 4) is 11.3 Å². The van der Waals surface area contributed by atoms with Crippen molar-refractivity contribution in [3.63, 3.8) is 0 Å². The molecule has 0 radical (unpaired) electrons. The van der Waals surface area contributed by atoms with Crippen LogP contribution in [-0.2, 0) is 16.1 Å². The highest BCUT2D eigenvalue weighted by atomic mass is 16.6. The van der Waals surface area contributed by atoms with E-state index in [9.17, 15) is 14.7 Å². The largest absolute Gasteiger partial charge is 0.441 e. The SMILES string of the molecule is CC1(C)OC(=O)NC1C(=O)NN(Cc1ccc(-c2ccccn2)cc1)CC(O)C(N)CC1CC=CCC1. The summed E-state index contributed by atoms with van der Waals surface area (Å²) in [6, 6.07) is 12.4. The molecule has 0 spiro atoms. The number of aliphatic hydroxyl groups is 1. The lowest BCUT2D eigenvalue weighted by atomic mass is 9.87. The van der Waals surface area contributed by atoms with Crippen LogP contribution >= 0.6 is 0 Å². The molecule has 1 aliphatic carbocycles. The minimum atomic E-state index is -0.999. The molecule has 1 aliphatic heterocycles. The lowest BCUT2D eigenvalue weighted by Crippen LogP contribution is -2.57. The predicted molar refractivity (Wildman–Crippen MR) is 141 cm³/mol. The van der Waals surface area contributed by atoms with Crippen LogP contribution in [0.2, 0.25) is 0 Å². The number of nitrogens with two attached hydrogens (primary N) is 1. The highest BCUT2D eigenvalue weighted by molar-refractivity contribution is 5.89. The average Bonchev–Trinajstić information content (AvgIpc) is 3.17. The number of cyclic esters (lactones) is 1. The van der Waals surface area contributed by atoms with E-state index in [1.165, 1.54) is 0 Å². The molecule has 198 valence electrons. The molecule has 0 saturated carbocycles.